The molecule has 2 aromatic rings. The van der Waals surface area contributed by atoms with Crippen LogP contribution in [-0.2, 0) is 25.0 Å². The van der Waals surface area contributed by atoms with Crippen molar-refractivity contribution in [3.8, 4) is 5.75 Å². The average Bonchev–Trinajstić information content (AvgIpc) is 2.90. The van der Waals surface area contributed by atoms with Crippen LogP contribution in [0, 0.1) is 10.5 Å². The summed E-state index contributed by atoms with van der Waals surface area (Å²) in [6, 6.07) is 6.42. The number of rotatable bonds is 4. The third kappa shape index (κ3) is 3.73. The van der Waals surface area contributed by atoms with Crippen LogP contribution >= 0.6 is 20.0 Å². The summed E-state index contributed by atoms with van der Waals surface area (Å²) < 4.78 is 69.4. The first-order chi connectivity index (χ1) is 14.5. The van der Waals surface area contributed by atoms with Gasteiger partial charge >= 0.3 is 13.5 Å². The second-order valence-corrected chi connectivity index (χ2v) is 8.42. The molecule has 1 aromatic carbocycles. The fraction of sp³-hybridized carbons (Fsp3) is 0.375. The molecule has 1 fully saturated rings. The Hall–Kier alpha value is -1.99. The van der Waals surface area contributed by atoms with Gasteiger partial charge in [-0.25, -0.2) is 18.1 Å². The lowest BCUT2D eigenvalue weighted by Crippen LogP contribution is -2.43. The molecule has 0 saturated carbocycles. The maximum Gasteiger partial charge on any atom is 0.530 e. The summed E-state index contributed by atoms with van der Waals surface area (Å²) in [4.78, 5) is 14.0. The van der Waals surface area contributed by atoms with Gasteiger partial charge in [-0.05, 0) is 6.07 Å². The number of phosphoric ester groups is 1. The summed E-state index contributed by atoms with van der Waals surface area (Å²) >= 11 is 4.55. The maximum atomic E-state index is 15.3. The Bertz CT molecular complexity index is 1200. The number of nitrogens with one attached hydrogen (secondary N) is 1. The van der Waals surface area contributed by atoms with Crippen LogP contribution in [0.5, 0.6) is 5.75 Å². The third-order valence-corrected chi connectivity index (χ3v) is 5.99. The molecule has 0 aliphatic carbocycles. The average molecular weight is 465 g/mol. The van der Waals surface area contributed by atoms with Crippen molar-refractivity contribution in [3.63, 3.8) is 0 Å². The Morgan fingerprint density at radius 2 is 2.20 bits per heavy atom. The zero-order valence-corrected chi connectivity index (χ0v) is 16.6. The molecule has 14 heteroatoms. The van der Waals surface area contributed by atoms with Gasteiger partial charge in [0.05, 0.1) is 14.2 Å². The van der Waals surface area contributed by atoms with Crippen LogP contribution in [-0.4, -0.2) is 44.4 Å². The first-order valence-corrected chi connectivity index (χ1v) is 10.3. The van der Waals surface area contributed by atoms with Gasteiger partial charge < -0.3 is 19.5 Å². The first-order valence-electron chi connectivity index (χ1n) is 8.91. The van der Waals surface area contributed by atoms with E-state index in [-0.39, 0.29) is 16.9 Å². The number of aromatic nitrogens is 2. The van der Waals surface area contributed by atoms with Gasteiger partial charge in [0.25, 0.3) is 5.85 Å². The third-order valence-electron chi connectivity index (χ3n) is 4.38. The molecule has 1 unspecified atom stereocenters. The standard InChI is InChI=1S/C16H15F2N2O8PS/c17-9-5-20(15(23)19-13(9)30)14-11(21)12(22)16(18,27-14)7-26-29(24)25-6-8-3-1-2-4-10(8)28-29/h1-5,11-12,14,21-22H,6-7H2,(H,19,23,30)/t11-,12+,14-,16-,29?/m1/s1/i14D. The van der Waals surface area contributed by atoms with Crippen molar-refractivity contribution < 1.29 is 43.2 Å². The Labute approximate surface area is 173 Å². The van der Waals surface area contributed by atoms with E-state index in [1.807, 2.05) is 4.98 Å². The zero-order chi connectivity index (χ0) is 22.6. The number of ether oxygens (including phenoxy) is 1. The second kappa shape index (κ2) is 7.61. The number of aromatic amines is 1. The Morgan fingerprint density at radius 3 is 2.97 bits per heavy atom. The number of benzene rings is 1. The van der Waals surface area contributed by atoms with Crippen LogP contribution in [0.1, 0.15) is 13.1 Å². The van der Waals surface area contributed by atoms with E-state index in [1.165, 1.54) is 6.07 Å². The predicted molar refractivity (Wildman–Crippen MR) is 97.2 cm³/mol. The normalized spacial score (nSPS) is 36.1. The van der Waals surface area contributed by atoms with Crippen LogP contribution in [0.25, 0.3) is 0 Å². The summed E-state index contributed by atoms with van der Waals surface area (Å²) in [5, 5.41) is 20.3. The second-order valence-electron chi connectivity index (χ2n) is 6.42. The smallest absolute Gasteiger partial charge is 0.404 e. The molecule has 10 nitrogen and oxygen atoms in total. The highest BCUT2D eigenvalue weighted by atomic mass is 32.1. The number of H-pyrrole nitrogens is 1. The van der Waals surface area contributed by atoms with Crippen LogP contribution in [0.15, 0.2) is 35.3 Å². The maximum absolute atomic E-state index is 15.3. The fourth-order valence-corrected chi connectivity index (χ4v) is 4.19. The van der Waals surface area contributed by atoms with Gasteiger partial charge in [-0.3, -0.25) is 18.6 Å². The van der Waals surface area contributed by atoms with Crippen molar-refractivity contribution in [1.82, 2.24) is 9.55 Å². The van der Waals surface area contributed by atoms with E-state index in [1.54, 1.807) is 18.2 Å². The number of hydrogen-bond acceptors (Lipinski definition) is 9. The molecule has 5 atom stereocenters. The van der Waals surface area contributed by atoms with Gasteiger partial charge in [-0.1, -0.05) is 30.4 Å². The Kier molecular flexibility index (Phi) is 5.06. The molecule has 30 heavy (non-hydrogen) atoms. The van der Waals surface area contributed by atoms with Crippen LogP contribution in [0.4, 0.5) is 8.78 Å². The summed E-state index contributed by atoms with van der Waals surface area (Å²) in [5.41, 5.74) is -0.644. The number of fused-ring (bicyclic) bond motifs is 1. The summed E-state index contributed by atoms with van der Waals surface area (Å²) in [5.74, 6) is -4.33. The molecule has 1 saturated heterocycles. The minimum Gasteiger partial charge on any atom is -0.404 e. The van der Waals surface area contributed by atoms with Crippen molar-refractivity contribution in [2.45, 2.75) is 30.9 Å². The van der Waals surface area contributed by atoms with E-state index < -0.39 is 54.8 Å². The quantitative estimate of drug-likeness (QED) is 0.456. The molecule has 0 bridgehead atoms. The van der Waals surface area contributed by atoms with Gasteiger partial charge in [-0.2, -0.15) is 0 Å². The van der Waals surface area contributed by atoms with Gasteiger partial charge in [0.15, 0.2) is 12.0 Å². The lowest BCUT2D eigenvalue weighted by Gasteiger charge is -2.28. The topological polar surface area (TPSA) is 132 Å². The number of alkyl halides is 1. The molecular formula is C16H15F2N2O8PS. The van der Waals surface area contributed by atoms with E-state index in [2.05, 4.69) is 12.2 Å². The van der Waals surface area contributed by atoms with Crippen molar-refractivity contribution in [2.75, 3.05) is 6.61 Å². The SMILES string of the molecule is [2H][C@@]1(n2cc(F)c(=S)[nH]c2=O)O[C@](F)(COP2(=O)OCc3ccccc3O2)[C@@H](O)[C@H]1O. The van der Waals surface area contributed by atoms with E-state index in [4.69, 9.17) is 19.7 Å². The highest BCUT2D eigenvalue weighted by Gasteiger charge is 2.57. The number of nitrogens with zero attached hydrogens (tertiary/aromatic N) is 1. The zero-order valence-electron chi connectivity index (χ0n) is 15.9. The molecule has 0 spiro atoms. The van der Waals surface area contributed by atoms with Gasteiger partial charge in [-0.15, -0.1) is 0 Å². The van der Waals surface area contributed by atoms with Crippen molar-refractivity contribution in [3.05, 3.63) is 57.0 Å². The minimum atomic E-state index is -4.35. The monoisotopic (exact) mass is 465 g/mol. The number of halogens is 2. The molecule has 0 radical (unpaired) electrons. The van der Waals surface area contributed by atoms with Crippen LogP contribution in [0.3, 0.4) is 0 Å². The van der Waals surface area contributed by atoms with E-state index in [0.717, 1.165) is 0 Å². The molecule has 0 amide bonds. The molecule has 3 N–H and O–H groups in total. The molecule has 3 heterocycles. The first kappa shape index (κ1) is 19.9. The van der Waals surface area contributed by atoms with Crippen molar-refractivity contribution in [2.24, 2.45) is 0 Å². The van der Waals surface area contributed by atoms with E-state index in [9.17, 15) is 24.0 Å². The lowest BCUT2D eigenvalue weighted by molar-refractivity contribution is -0.205. The molecule has 162 valence electrons. The lowest BCUT2D eigenvalue weighted by atomic mass is 10.1. The fourth-order valence-electron chi connectivity index (χ4n) is 2.82. The Morgan fingerprint density at radius 1 is 1.47 bits per heavy atom. The van der Waals surface area contributed by atoms with E-state index >= 15 is 4.39 Å². The molecule has 4 rings (SSSR count). The molecular weight excluding hydrogens is 449 g/mol. The number of aliphatic hydroxyl groups is 2. The Balaban J connectivity index is 1.57. The molecule has 2 aliphatic rings. The number of para-hydroxylation sites is 1. The van der Waals surface area contributed by atoms with Crippen molar-refractivity contribution in [1.29, 1.82) is 0 Å². The highest BCUT2D eigenvalue weighted by Crippen LogP contribution is 2.55. The van der Waals surface area contributed by atoms with E-state index in [0.29, 0.717) is 11.8 Å². The molecule has 2 aliphatic heterocycles. The van der Waals surface area contributed by atoms with Crippen LogP contribution < -0.4 is 10.2 Å². The largest absolute Gasteiger partial charge is 0.530 e. The summed E-state index contributed by atoms with van der Waals surface area (Å²) in [6.45, 7) is -1.48. The number of aliphatic hydroxyl groups excluding tert-OH is 2. The van der Waals surface area contributed by atoms with Crippen LogP contribution in [0.2, 0.25) is 0 Å². The minimum absolute atomic E-state index is 0.168. The summed E-state index contributed by atoms with van der Waals surface area (Å²) in [6.07, 6.45) is -7.42. The van der Waals surface area contributed by atoms with Gasteiger partial charge in [0, 0.05) is 5.56 Å². The predicted octanol–water partition coefficient (Wildman–Crippen LogP) is 1.70. The van der Waals surface area contributed by atoms with Crippen molar-refractivity contribution >= 4 is 20.0 Å². The highest BCUT2D eigenvalue weighted by molar-refractivity contribution is 7.71. The summed E-state index contributed by atoms with van der Waals surface area (Å²) in [7, 11) is -4.35. The molecule has 1 aromatic heterocycles. The van der Waals surface area contributed by atoms with Gasteiger partial charge in [0.1, 0.15) is 29.2 Å². The number of hydrogen-bond donors (Lipinski definition) is 3. The number of phosphoric acid groups is 1. The van der Waals surface area contributed by atoms with Gasteiger partial charge in [0.2, 0.25) is 0 Å².